The summed E-state index contributed by atoms with van der Waals surface area (Å²) in [5.74, 6) is -0.113. The average molecular weight is 952 g/mol. The molecule has 67 heavy (non-hydrogen) atoms. The van der Waals surface area contributed by atoms with Crippen molar-refractivity contribution in [3.05, 3.63) is 47.8 Å². The van der Waals surface area contributed by atoms with Gasteiger partial charge in [-0.05, 0) is 12.5 Å². The lowest BCUT2D eigenvalue weighted by molar-refractivity contribution is -0.137. The first-order chi connectivity index (χ1) is 32.9. The molecule has 2 heterocycles. The van der Waals surface area contributed by atoms with Crippen LogP contribution in [0.1, 0.15) is 17.8 Å². The molecule has 1 aromatic carbocycles. The zero-order valence-electron chi connectivity index (χ0n) is 38.7. The van der Waals surface area contributed by atoms with E-state index in [1.54, 1.807) is 6.92 Å². The van der Waals surface area contributed by atoms with Crippen LogP contribution < -0.4 is 10.6 Å². The van der Waals surface area contributed by atoms with Crippen molar-refractivity contribution >= 4 is 23.6 Å². The number of nitrogens with zero attached hydrogens (tertiary/aromatic N) is 5. The van der Waals surface area contributed by atoms with Gasteiger partial charge in [0.15, 0.2) is 5.82 Å². The molecule has 3 rings (SSSR count). The molecule has 1 aromatic heterocycles. The highest BCUT2D eigenvalue weighted by Gasteiger charge is 2.22. The molecule has 4 amide bonds. The molecule has 0 fully saturated rings. The number of ether oxygens (including phenoxy) is 12. The lowest BCUT2D eigenvalue weighted by atomic mass is 10.1. The maximum absolute atomic E-state index is 12.2. The molecule has 2 aromatic rings. The predicted octanol–water partition coefficient (Wildman–Crippen LogP) is -0.469. The van der Waals surface area contributed by atoms with Crippen molar-refractivity contribution in [1.29, 1.82) is 0 Å². The minimum Gasteiger partial charge on any atom is -0.379 e. The number of aromatic nitrogens is 4. The summed E-state index contributed by atoms with van der Waals surface area (Å²) in [5.41, 5.74) is 1.66. The normalized spacial score (nSPS) is 12.4. The third kappa shape index (κ3) is 30.5. The first-order valence-electron chi connectivity index (χ1n) is 22.6. The molecule has 23 heteroatoms. The number of rotatable bonds is 45. The fourth-order valence-corrected chi connectivity index (χ4v) is 5.41. The summed E-state index contributed by atoms with van der Waals surface area (Å²) in [4.78, 5) is 48.1. The van der Waals surface area contributed by atoms with E-state index in [0.29, 0.717) is 170 Å². The summed E-state index contributed by atoms with van der Waals surface area (Å²) in [5, 5.41) is 21.4. The topological polar surface area (TPSA) is 258 Å². The minimum absolute atomic E-state index is 0.0899. The van der Waals surface area contributed by atoms with Gasteiger partial charge in [-0.3, -0.25) is 24.1 Å². The molecule has 0 atom stereocenters. The predicted molar refractivity (Wildman–Crippen MR) is 238 cm³/mol. The maximum atomic E-state index is 12.2. The highest BCUT2D eigenvalue weighted by atomic mass is 16.6. The number of carbonyl (C=O) groups is 4. The van der Waals surface area contributed by atoms with E-state index in [1.807, 2.05) is 24.3 Å². The van der Waals surface area contributed by atoms with Crippen LogP contribution >= 0.6 is 0 Å². The fourth-order valence-electron chi connectivity index (χ4n) is 5.41. The summed E-state index contributed by atoms with van der Waals surface area (Å²) in [6.07, 6.45) is 2.85. The van der Waals surface area contributed by atoms with Gasteiger partial charge >= 0.3 is 0 Å². The van der Waals surface area contributed by atoms with Gasteiger partial charge in [0.25, 0.3) is 11.8 Å². The molecule has 1 aliphatic rings. The van der Waals surface area contributed by atoms with Crippen molar-refractivity contribution < 1.29 is 76.0 Å². The van der Waals surface area contributed by atoms with Gasteiger partial charge < -0.3 is 67.5 Å². The molecule has 0 radical (unpaired) electrons. The van der Waals surface area contributed by atoms with Crippen molar-refractivity contribution in [2.45, 2.75) is 19.8 Å². The number of amides is 4. The molecule has 23 nitrogen and oxygen atoms in total. The Morgan fingerprint density at radius 3 is 1.18 bits per heavy atom. The van der Waals surface area contributed by atoms with Crippen LogP contribution in [-0.4, -0.2) is 227 Å². The van der Waals surface area contributed by atoms with Crippen LogP contribution in [0.25, 0.3) is 11.4 Å². The van der Waals surface area contributed by atoms with Crippen LogP contribution in [0.5, 0.6) is 0 Å². The Bertz CT molecular complexity index is 1610. The lowest BCUT2D eigenvalue weighted by Crippen LogP contribution is -2.38. The smallest absolute Gasteiger partial charge is 0.253 e. The van der Waals surface area contributed by atoms with E-state index < -0.39 is 0 Å². The van der Waals surface area contributed by atoms with Crippen molar-refractivity contribution in [3.8, 4) is 11.4 Å². The summed E-state index contributed by atoms with van der Waals surface area (Å²) < 4.78 is 65.8. The van der Waals surface area contributed by atoms with Gasteiger partial charge in [-0.2, -0.15) is 0 Å². The summed E-state index contributed by atoms with van der Waals surface area (Å²) >= 11 is 0. The van der Waals surface area contributed by atoms with Crippen molar-refractivity contribution in [3.63, 3.8) is 0 Å². The van der Waals surface area contributed by atoms with Gasteiger partial charge in [0.1, 0.15) is 0 Å². The molecule has 1 aliphatic heterocycles. The summed E-state index contributed by atoms with van der Waals surface area (Å²) in [6, 6.07) is 7.40. The summed E-state index contributed by atoms with van der Waals surface area (Å²) in [6.45, 7) is 12.9. The third-order valence-electron chi connectivity index (χ3n) is 8.85. The Hall–Kier alpha value is -4.50. The van der Waals surface area contributed by atoms with E-state index >= 15 is 0 Å². The summed E-state index contributed by atoms with van der Waals surface area (Å²) in [7, 11) is 0. The average Bonchev–Trinajstić information content (AvgIpc) is 3.65. The second kappa shape index (κ2) is 39.5. The maximum Gasteiger partial charge on any atom is 0.253 e. The van der Waals surface area contributed by atoms with Crippen molar-refractivity contribution in [2.24, 2.45) is 0 Å². The van der Waals surface area contributed by atoms with Gasteiger partial charge in [0.05, 0.1) is 165 Å². The third-order valence-corrected chi connectivity index (χ3v) is 8.85. The Morgan fingerprint density at radius 1 is 0.448 bits per heavy atom. The molecular formula is C44H69N7O16. The number of aryl methyl sites for hydroxylation is 1. The monoisotopic (exact) mass is 951 g/mol. The van der Waals surface area contributed by atoms with E-state index in [2.05, 4.69) is 31.0 Å². The molecule has 0 saturated heterocycles. The number of carbonyl (C=O) groups excluding carboxylic acids is 4. The van der Waals surface area contributed by atoms with Crippen molar-refractivity contribution in [2.75, 3.05) is 178 Å². The molecule has 0 bridgehead atoms. The zero-order chi connectivity index (χ0) is 47.7. The van der Waals surface area contributed by atoms with Gasteiger partial charge in [-0.25, -0.2) is 0 Å². The van der Waals surface area contributed by atoms with Gasteiger partial charge in [0.2, 0.25) is 17.6 Å². The molecule has 0 aliphatic carbocycles. The van der Waals surface area contributed by atoms with Gasteiger partial charge in [0, 0.05) is 43.8 Å². The van der Waals surface area contributed by atoms with E-state index in [4.69, 9.17) is 56.8 Å². The number of hydrogen-bond donors (Lipinski definition) is 2. The lowest BCUT2D eigenvalue weighted by Gasteiger charge is -2.14. The van der Waals surface area contributed by atoms with E-state index in [0.717, 1.165) is 16.0 Å². The number of nitrogens with one attached hydrogen (secondary N) is 2. The first kappa shape index (κ1) is 56.8. The van der Waals surface area contributed by atoms with Crippen LogP contribution in [0.15, 0.2) is 36.4 Å². The van der Waals surface area contributed by atoms with Crippen LogP contribution in [0.4, 0.5) is 0 Å². The standard InChI is InChI=1S/C44H69N7O16/c1-37-47-49-44(50-48-37)39-4-2-38(3-5-39)36-41(53)46-10-13-57-15-17-59-19-21-61-23-25-63-27-29-65-31-33-67-35-34-66-32-30-64-28-26-62-24-22-60-20-18-58-16-14-56-12-8-40(52)45-9-11-51-42(54)6-7-43(51)55/h2-7H,8-36H2,1H3,(H,45,52)(H,46,53). The van der Waals surface area contributed by atoms with Crippen LogP contribution in [0.3, 0.4) is 0 Å². The molecule has 0 spiro atoms. The number of imide groups is 1. The largest absolute Gasteiger partial charge is 0.379 e. The molecule has 376 valence electrons. The second-order valence-electron chi connectivity index (χ2n) is 14.1. The van der Waals surface area contributed by atoms with E-state index in [1.165, 1.54) is 12.2 Å². The quantitative estimate of drug-likeness (QED) is 0.0628. The zero-order valence-corrected chi connectivity index (χ0v) is 38.7. The van der Waals surface area contributed by atoms with Crippen LogP contribution in [-0.2, 0) is 82.4 Å². The second-order valence-corrected chi connectivity index (χ2v) is 14.1. The van der Waals surface area contributed by atoms with Crippen LogP contribution in [0, 0.1) is 6.92 Å². The first-order valence-corrected chi connectivity index (χ1v) is 22.6. The number of benzene rings is 1. The van der Waals surface area contributed by atoms with Crippen molar-refractivity contribution in [1.82, 2.24) is 35.9 Å². The minimum atomic E-state index is -0.373. The SMILES string of the molecule is Cc1nnc(-c2ccc(CC(=O)NCCOCCOCCOCCOCCOCCOCCOCCOCCOCCOCCOCCOCCC(=O)NCCN3C(=O)C=CC3=O)cc2)nn1. The highest BCUT2D eigenvalue weighted by molar-refractivity contribution is 6.12. The molecule has 2 N–H and O–H groups in total. The highest BCUT2D eigenvalue weighted by Crippen LogP contribution is 2.14. The van der Waals surface area contributed by atoms with Gasteiger partial charge in [-0.1, -0.05) is 24.3 Å². The van der Waals surface area contributed by atoms with E-state index in [-0.39, 0.29) is 56.2 Å². The van der Waals surface area contributed by atoms with Gasteiger partial charge in [-0.15, -0.1) is 20.4 Å². The van der Waals surface area contributed by atoms with Crippen LogP contribution in [0.2, 0.25) is 0 Å². The van der Waals surface area contributed by atoms with E-state index in [9.17, 15) is 19.2 Å². The Kier molecular flexibility index (Phi) is 33.5. The Balaban J connectivity index is 0.902. The fraction of sp³-hybridized carbons (Fsp3) is 0.682. The Morgan fingerprint density at radius 2 is 0.791 bits per heavy atom. The molecule has 0 saturated carbocycles. The molecule has 0 unspecified atom stereocenters. The number of hydrogen-bond acceptors (Lipinski definition) is 20. The molecular weight excluding hydrogens is 883 g/mol. The Labute approximate surface area is 392 Å².